The molecule has 0 unspecified atom stereocenters. The molecule has 4 nitrogen and oxygen atoms in total. The van der Waals surface area contributed by atoms with E-state index >= 15 is 0 Å². The lowest BCUT2D eigenvalue weighted by Gasteiger charge is -2.11. The number of rotatable bonds is 3. The number of aromatic nitrogens is 2. The molecule has 0 bridgehead atoms. The van der Waals surface area contributed by atoms with Gasteiger partial charge < -0.3 is 10.5 Å². The third-order valence-electron chi connectivity index (χ3n) is 3.38. The maximum atomic E-state index is 6.09. The normalized spacial score (nSPS) is 11.2. The van der Waals surface area contributed by atoms with E-state index in [1.807, 2.05) is 67.8 Å². The highest BCUT2D eigenvalue weighted by Gasteiger charge is 2.11. The maximum Gasteiger partial charge on any atom is 0.205 e. The first-order chi connectivity index (χ1) is 10.1. The van der Waals surface area contributed by atoms with Gasteiger partial charge in [-0.05, 0) is 56.7 Å². The number of benzene rings is 2. The van der Waals surface area contributed by atoms with Crippen molar-refractivity contribution in [1.82, 2.24) is 9.55 Å². The topological polar surface area (TPSA) is 53.1 Å². The van der Waals surface area contributed by atoms with E-state index in [0.717, 1.165) is 28.0 Å². The van der Waals surface area contributed by atoms with E-state index < -0.39 is 0 Å². The number of nitrogen functional groups attached to an aromatic ring is 1. The average molecular weight is 281 g/mol. The van der Waals surface area contributed by atoms with Crippen molar-refractivity contribution in [3.63, 3.8) is 0 Å². The van der Waals surface area contributed by atoms with Gasteiger partial charge in [-0.25, -0.2) is 4.98 Å². The van der Waals surface area contributed by atoms with Crippen LogP contribution in [0.25, 0.3) is 16.7 Å². The summed E-state index contributed by atoms with van der Waals surface area (Å²) in [7, 11) is 0. The third kappa shape index (κ3) is 2.44. The van der Waals surface area contributed by atoms with Gasteiger partial charge in [0.1, 0.15) is 5.75 Å². The Labute approximate surface area is 124 Å². The van der Waals surface area contributed by atoms with Gasteiger partial charge in [-0.3, -0.25) is 4.57 Å². The molecule has 0 fully saturated rings. The molecule has 0 aliphatic rings. The van der Waals surface area contributed by atoms with Gasteiger partial charge in [0.2, 0.25) is 5.95 Å². The first-order valence-electron chi connectivity index (χ1n) is 7.07. The summed E-state index contributed by atoms with van der Waals surface area (Å²) >= 11 is 0. The van der Waals surface area contributed by atoms with Gasteiger partial charge in [0, 0.05) is 5.69 Å². The van der Waals surface area contributed by atoms with Crippen molar-refractivity contribution >= 4 is 17.0 Å². The van der Waals surface area contributed by atoms with Crippen LogP contribution in [0.2, 0.25) is 0 Å². The summed E-state index contributed by atoms with van der Waals surface area (Å²) in [6.07, 6.45) is 0.164. The fourth-order valence-electron chi connectivity index (χ4n) is 2.47. The molecule has 4 heteroatoms. The number of anilines is 1. The molecule has 3 rings (SSSR count). The molecule has 0 saturated carbocycles. The van der Waals surface area contributed by atoms with Crippen LogP contribution < -0.4 is 10.5 Å². The molecule has 3 aromatic rings. The van der Waals surface area contributed by atoms with Crippen LogP contribution in [0.1, 0.15) is 19.4 Å². The van der Waals surface area contributed by atoms with E-state index in [4.69, 9.17) is 10.5 Å². The summed E-state index contributed by atoms with van der Waals surface area (Å²) in [5, 5.41) is 0. The zero-order chi connectivity index (χ0) is 15.0. The van der Waals surface area contributed by atoms with E-state index in [1.54, 1.807) is 0 Å². The summed E-state index contributed by atoms with van der Waals surface area (Å²) in [6, 6.07) is 14.0. The molecule has 1 heterocycles. The monoisotopic (exact) mass is 281 g/mol. The number of aryl methyl sites for hydroxylation is 1. The Morgan fingerprint density at radius 2 is 1.81 bits per heavy atom. The molecule has 21 heavy (non-hydrogen) atoms. The molecule has 0 spiro atoms. The van der Waals surface area contributed by atoms with Crippen LogP contribution in [0.5, 0.6) is 5.75 Å². The molecule has 108 valence electrons. The van der Waals surface area contributed by atoms with Gasteiger partial charge in [0.25, 0.3) is 0 Å². The highest BCUT2D eigenvalue weighted by atomic mass is 16.5. The van der Waals surface area contributed by atoms with Crippen molar-refractivity contribution in [2.75, 3.05) is 5.73 Å². The minimum absolute atomic E-state index is 0.164. The Bertz CT molecular complexity index is 773. The second kappa shape index (κ2) is 5.13. The van der Waals surface area contributed by atoms with Crippen LogP contribution >= 0.6 is 0 Å². The van der Waals surface area contributed by atoms with Crippen LogP contribution in [-0.2, 0) is 0 Å². The minimum Gasteiger partial charge on any atom is -0.491 e. The predicted molar refractivity (Wildman–Crippen MR) is 86.0 cm³/mol. The Morgan fingerprint density at radius 1 is 1.10 bits per heavy atom. The number of para-hydroxylation sites is 1. The number of nitrogens with two attached hydrogens (primary N) is 1. The summed E-state index contributed by atoms with van der Waals surface area (Å²) in [6.45, 7) is 6.06. The minimum atomic E-state index is 0.164. The molecule has 0 saturated heterocycles. The summed E-state index contributed by atoms with van der Waals surface area (Å²) in [5.74, 6) is 1.35. The first kappa shape index (κ1) is 13.5. The van der Waals surface area contributed by atoms with E-state index in [2.05, 4.69) is 4.98 Å². The molecule has 2 N–H and O–H groups in total. The molecule has 0 radical (unpaired) electrons. The number of hydrogen-bond acceptors (Lipinski definition) is 3. The average Bonchev–Trinajstić information content (AvgIpc) is 2.77. The van der Waals surface area contributed by atoms with Crippen LogP contribution in [0.15, 0.2) is 42.5 Å². The van der Waals surface area contributed by atoms with Crippen molar-refractivity contribution in [1.29, 1.82) is 0 Å². The first-order valence-corrected chi connectivity index (χ1v) is 7.07. The van der Waals surface area contributed by atoms with Gasteiger partial charge in [0.15, 0.2) is 0 Å². The van der Waals surface area contributed by atoms with Crippen molar-refractivity contribution < 1.29 is 4.74 Å². The number of fused-ring (bicyclic) bond motifs is 1. The predicted octanol–water partition coefficient (Wildman–Crippen LogP) is 3.70. The van der Waals surface area contributed by atoms with E-state index in [0.29, 0.717) is 5.95 Å². The standard InChI is InChI=1S/C17H19N3O/c1-11(2)21-14-9-7-13(8-10-14)20-15-6-4-5-12(3)16(15)19-17(20)18/h4-11H,1-3H3,(H2,18,19). The van der Waals surface area contributed by atoms with Crippen molar-refractivity contribution in [2.45, 2.75) is 26.9 Å². The molecule has 0 atom stereocenters. The fourth-order valence-corrected chi connectivity index (χ4v) is 2.47. The summed E-state index contributed by atoms with van der Waals surface area (Å²) in [4.78, 5) is 4.47. The van der Waals surface area contributed by atoms with E-state index in [9.17, 15) is 0 Å². The van der Waals surface area contributed by atoms with Gasteiger partial charge in [-0.2, -0.15) is 0 Å². The molecule has 0 amide bonds. The van der Waals surface area contributed by atoms with Crippen LogP contribution in [0.3, 0.4) is 0 Å². The molecule has 1 aromatic heterocycles. The Hall–Kier alpha value is -2.49. The highest BCUT2D eigenvalue weighted by molar-refractivity contribution is 5.83. The Kier molecular flexibility index (Phi) is 3.29. The molecular formula is C17H19N3O. The number of ether oxygens (including phenoxy) is 1. The quantitative estimate of drug-likeness (QED) is 0.796. The zero-order valence-corrected chi connectivity index (χ0v) is 12.5. The lowest BCUT2D eigenvalue weighted by molar-refractivity contribution is 0.242. The number of nitrogens with zero attached hydrogens (tertiary/aromatic N) is 2. The lowest BCUT2D eigenvalue weighted by atomic mass is 10.2. The smallest absolute Gasteiger partial charge is 0.205 e. The largest absolute Gasteiger partial charge is 0.491 e. The summed E-state index contributed by atoms with van der Waals surface area (Å²) in [5.41, 5.74) is 10.2. The Morgan fingerprint density at radius 3 is 2.48 bits per heavy atom. The highest BCUT2D eigenvalue weighted by Crippen LogP contribution is 2.26. The van der Waals surface area contributed by atoms with Gasteiger partial charge in [-0.15, -0.1) is 0 Å². The molecule has 2 aromatic carbocycles. The lowest BCUT2D eigenvalue weighted by Crippen LogP contribution is -2.05. The van der Waals surface area contributed by atoms with Gasteiger partial charge >= 0.3 is 0 Å². The van der Waals surface area contributed by atoms with E-state index in [-0.39, 0.29) is 6.10 Å². The van der Waals surface area contributed by atoms with Gasteiger partial charge in [0.05, 0.1) is 17.1 Å². The fraction of sp³-hybridized carbons (Fsp3) is 0.235. The third-order valence-corrected chi connectivity index (χ3v) is 3.38. The summed E-state index contributed by atoms with van der Waals surface area (Å²) < 4.78 is 7.63. The molecule has 0 aliphatic heterocycles. The number of imidazole rings is 1. The number of hydrogen-bond donors (Lipinski definition) is 1. The van der Waals surface area contributed by atoms with Crippen LogP contribution in [0.4, 0.5) is 5.95 Å². The SMILES string of the molecule is Cc1cccc2c1nc(N)n2-c1ccc(OC(C)C)cc1. The van der Waals surface area contributed by atoms with Crippen LogP contribution in [0, 0.1) is 6.92 Å². The van der Waals surface area contributed by atoms with Crippen molar-refractivity contribution in [2.24, 2.45) is 0 Å². The maximum absolute atomic E-state index is 6.09. The van der Waals surface area contributed by atoms with Crippen LogP contribution in [-0.4, -0.2) is 15.7 Å². The Balaban J connectivity index is 2.08. The van der Waals surface area contributed by atoms with Crippen molar-refractivity contribution in [3.05, 3.63) is 48.0 Å². The van der Waals surface area contributed by atoms with Crippen molar-refractivity contribution in [3.8, 4) is 11.4 Å². The zero-order valence-electron chi connectivity index (χ0n) is 12.5. The van der Waals surface area contributed by atoms with E-state index in [1.165, 1.54) is 0 Å². The van der Waals surface area contributed by atoms with Gasteiger partial charge in [-0.1, -0.05) is 12.1 Å². The molecule has 0 aliphatic carbocycles. The molecular weight excluding hydrogens is 262 g/mol. The second-order valence-corrected chi connectivity index (χ2v) is 5.41. The second-order valence-electron chi connectivity index (χ2n) is 5.41.